The van der Waals surface area contributed by atoms with Crippen molar-refractivity contribution in [1.29, 1.82) is 0 Å². The molecule has 0 atom stereocenters. The van der Waals surface area contributed by atoms with Gasteiger partial charge in [0, 0.05) is 5.56 Å². The van der Waals surface area contributed by atoms with Crippen LogP contribution in [0.5, 0.6) is 17.2 Å². The van der Waals surface area contributed by atoms with Gasteiger partial charge in [0.25, 0.3) is 0 Å². The Morgan fingerprint density at radius 3 is 2.10 bits per heavy atom. The fourth-order valence-corrected chi connectivity index (χ4v) is 2.38. The molecule has 3 N–H and O–H groups in total. The molecule has 2 aromatic rings. The minimum Gasteiger partial charge on any atom is -0.507 e. The summed E-state index contributed by atoms with van der Waals surface area (Å²) < 4.78 is 0. The van der Waals surface area contributed by atoms with Gasteiger partial charge in [0.05, 0.1) is 16.7 Å². The highest BCUT2D eigenvalue weighted by Gasteiger charge is 2.37. The molecule has 0 fully saturated rings. The largest absolute Gasteiger partial charge is 0.507 e. The van der Waals surface area contributed by atoms with Crippen LogP contribution in [0.25, 0.3) is 0 Å². The number of carbonyl (C=O) groups excluding carboxylic acids is 2. The quantitative estimate of drug-likeness (QED) is 0.464. The molecule has 0 amide bonds. The molecule has 1 aliphatic carbocycles. The highest BCUT2D eigenvalue weighted by molar-refractivity contribution is 6.31. The van der Waals surface area contributed by atoms with Crippen molar-refractivity contribution in [2.24, 2.45) is 5.18 Å². The van der Waals surface area contributed by atoms with Crippen LogP contribution in [0.3, 0.4) is 0 Å². The molecule has 0 bridgehead atoms. The molecule has 0 heterocycles. The van der Waals surface area contributed by atoms with Gasteiger partial charge in [0.15, 0.2) is 17.3 Å². The number of phenolic OH excluding ortho intramolecular Hbond substituents is 3. The van der Waals surface area contributed by atoms with E-state index in [-0.39, 0.29) is 16.8 Å². The molecule has 0 aromatic heterocycles. The fourth-order valence-electron chi connectivity index (χ4n) is 2.38. The molecule has 3 rings (SSSR count). The van der Waals surface area contributed by atoms with E-state index in [1.807, 2.05) is 0 Å². The molecule has 0 unspecified atom stereocenters. The fraction of sp³-hybridized carbons (Fsp3) is 0. The van der Waals surface area contributed by atoms with Gasteiger partial charge in [-0.3, -0.25) is 9.59 Å². The average Bonchev–Trinajstić information content (AvgIpc) is 2.47. The zero-order valence-corrected chi connectivity index (χ0v) is 10.3. The van der Waals surface area contributed by atoms with Gasteiger partial charge in [-0.05, 0) is 29.4 Å². The maximum absolute atomic E-state index is 12.4. The Kier molecular flexibility index (Phi) is 2.52. The zero-order chi connectivity index (χ0) is 15.3. The Morgan fingerprint density at radius 2 is 1.43 bits per heavy atom. The third-order valence-corrected chi connectivity index (χ3v) is 3.34. The van der Waals surface area contributed by atoms with Gasteiger partial charge in [-0.1, -0.05) is 0 Å². The first kappa shape index (κ1) is 12.8. The molecule has 0 saturated carbocycles. The first-order valence-electron chi connectivity index (χ1n) is 5.81. The van der Waals surface area contributed by atoms with Gasteiger partial charge >= 0.3 is 0 Å². The molecule has 104 valence electrons. The Bertz CT molecular complexity index is 840. The van der Waals surface area contributed by atoms with Gasteiger partial charge in [-0.25, -0.2) is 0 Å². The Hall–Kier alpha value is -3.22. The number of ketones is 2. The highest BCUT2D eigenvalue weighted by atomic mass is 16.3. The van der Waals surface area contributed by atoms with Crippen molar-refractivity contribution >= 4 is 17.3 Å². The summed E-state index contributed by atoms with van der Waals surface area (Å²) >= 11 is 0. The summed E-state index contributed by atoms with van der Waals surface area (Å²) in [6.45, 7) is 0. The van der Waals surface area contributed by atoms with E-state index < -0.39 is 39.9 Å². The van der Waals surface area contributed by atoms with Crippen LogP contribution in [0.4, 0.5) is 5.69 Å². The van der Waals surface area contributed by atoms with E-state index in [1.54, 1.807) is 0 Å². The summed E-state index contributed by atoms with van der Waals surface area (Å²) in [5.74, 6) is -3.43. The van der Waals surface area contributed by atoms with Crippen LogP contribution in [0.1, 0.15) is 31.8 Å². The Labute approximate surface area is 117 Å². The Morgan fingerprint density at radius 1 is 0.762 bits per heavy atom. The topological polar surface area (TPSA) is 124 Å². The highest BCUT2D eigenvalue weighted by Crippen LogP contribution is 2.42. The number of aromatic hydroxyl groups is 3. The van der Waals surface area contributed by atoms with Crippen molar-refractivity contribution in [3.05, 3.63) is 51.4 Å². The number of phenols is 3. The zero-order valence-electron chi connectivity index (χ0n) is 10.3. The number of benzene rings is 2. The SMILES string of the molecule is O=Nc1ccc(O)c2c1C(=O)c1ccc(O)c(O)c1C2=O. The summed E-state index contributed by atoms with van der Waals surface area (Å²) in [5.41, 5.74) is -1.58. The van der Waals surface area contributed by atoms with Crippen molar-refractivity contribution in [2.75, 3.05) is 0 Å². The Balaban J connectivity index is 2.44. The predicted octanol–water partition coefficient (Wildman–Crippen LogP) is 1.98. The number of fused-ring (bicyclic) bond motifs is 2. The predicted molar refractivity (Wildman–Crippen MR) is 70.2 cm³/mol. The van der Waals surface area contributed by atoms with Crippen LogP contribution in [-0.4, -0.2) is 26.9 Å². The second-order valence-electron chi connectivity index (χ2n) is 4.46. The molecule has 1 aliphatic rings. The number of rotatable bonds is 1. The molecular formula is C14H7NO6. The molecule has 0 spiro atoms. The van der Waals surface area contributed by atoms with E-state index in [2.05, 4.69) is 5.18 Å². The third kappa shape index (κ3) is 1.54. The second kappa shape index (κ2) is 4.14. The van der Waals surface area contributed by atoms with Crippen LogP contribution in [0.2, 0.25) is 0 Å². The smallest absolute Gasteiger partial charge is 0.202 e. The van der Waals surface area contributed by atoms with E-state index in [0.29, 0.717) is 0 Å². The molecule has 2 aromatic carbocycles. The lowest BCUT2D eigenvalue weighted by atomic mass is 9.82. The van der Waals surface area contributed by atoms with E-state index >= 15 is 0 Å². The first-order chi connectivity index (χ1) is 9.97. The van der Waals surface area contributed by atoms with Crippen LogP contribution in [-0.2, 0) is 0 Å². The molecule has 0 aliphatic heterocycles. The average molecular weight is 285 g/mol. The monoisotopic (exact) mass is 285 g/mol. The number of nitroso groups, excluding NO2 is 1. The molecular weight excluding hydrogens is 278 g/mol. The van der Waals surface area contributed by atoms with E-state index in [0.717, 1.165) is 24.3 Å². The van der Waals surface area contributed by atoms with Crippen LogP contribution < -0.4 is 0 Å². The molecule has 0 radical (unpaired) electrons. The number of carbonyl (C=O) groups is 2. The number of nitrogens with zero attached hydrogens (tertiary/aromatic N) is 1. The maximum atomic E-state index is 12.4. The lowest BCUT2D eigenvalue weighted by Crippen LogP contribution is -2.21. The van der Waals surface area contributed by atoms with Gasteiger partial charge < -0.3 is 15.3 Å². The van der Waals surface area contributed by atoms with Crippen molar-refractivity contribution in [3.8, 4) is 17.2 Å². The van der Waals surface area contributed by atoms with Gasteiger partial charge in [-0.15, -0.1) is 4.91 Å². The minimum atomic E-state index is -0.865. The van der Waals surface area contributed by atoms with Gasteiger partial charge in [0.1, 0.15) is 11.4 Å². The lowest BCUT2D eigenvalue weighted by Gasteiger charge is -2.20. The van der Waals surface area contributed by atoms with Gasteiger partial charge in [0.2, 0.25) is 5.78 Å². The first-order valence-corrected chi connectivity index (χ1v) is 5.81. The van der Waals surface area contributed by atoms with Crippen molar-refractivity contribution in [3.63, 3.8) is 0 Å². The molecule has 7 heteroatoms. The summed E-state index contributed by atoms with van der Waals surface area (Å²) in [6.07, 6.45) is 0. The summed E-state index contributed by atoms with van der Waals surface area (Å²) in [5, 5.41) is 31.7. The third-order valence-electron chi connectivity index (χ3n) is 3.34. The normalized spacial score (nSPS) is 12.8. The lowest BCUT2D eigenvalue weighted by molar-refractivity contribution is 0.0974. The van der Waals surface area contributed by atoms with Crippen LogP contribution >= 0.6 is 0 Å². The standard InChI is InChI=1S/C14H7NO6/c16-7-4-2-6(15-21)10-11(7)14(20)9-5(12(10)18)1-3-8(17)13(9)19/h1-4,16-17,19H. The summed E-state index contributed by atoms with van der Waals surface area (Å²) in [4.78, 5) is 35.6. The number of hydrogen-bond donors (Lipinski definition) is 3. The van der Waals surface area contributed by atoms with E-state index in [4.69, 9.17) is 0 Å². The molecule has 7 nitrogen and oxygen atoms in total. The maximum Gasteiger partial charge on any atom is 0.202 e. The molecule has 0 saturated heterocycles. The van der Waals surface area contributed by atoms with Crippen molar-refractivity contribution < 1.29 is 24.9 Å². The number of hydrogen-bond acceptors (Lipinski definition) is 7. The van der Waals surface area contributed by atoms with Gasteiger partial charge in [-0.2, -0.15) is 0 Å². The summed E-state index contributed by atoms with van der Waals surface area (Å²) in [7, 11) is 0. The van der Waals surface area contributed by atoms with Crippen LogP contribution in [0.15, 0.2) is 29.4 Å². The summed E-state index contributed by atoms with van der Waals surface area (Å²) in [6, 6.07) is 4.40. The second-order valence-corrected chi connectivity index (χ2v) is 4.46. The van der Waals surface area contributed by atoms with E-state index in [9.17, 15) is 29.8 Å². The van der Waals surface area contributed by atoms with Crippen molar-refractivity contribution in [1.82, 2.24) is 0 Å². The van der Waals surface area contributed by atoms with Crippen LogP contribution in [0, 0.1) is 4.91 Å². The van der Waals surface area contributed by atoms with Crippen molar-refractivity contribution in [2.45, 2.75) is 0 Å². The molecule has 21 heavy (non-hydrogen) atoms. The van der Waals surface area contributed by atoms with E-state index in [1.165, 1.54) is 0 Å². The minimum absolute atomic E-state index is 0.168.